The number of sulfone groups is 1. The van der Waals surface area contributed by atoms with Crippen LogP contribution in [0.4, 0.5) is 0 Å². The molecule has 1 N–H and O–H groups in total. The first kappa shape index (κ1) is 17.7. The Hall–Kier alpha value is -1.67. The van der Waals surface area contributed by atoms with Crippen molar-refractivity contribution in [3.05, 3.63) is 24.0 Å². The number of pyridine rings is 1. The molecule has 1 aliphatic heterocycles. The molecule has 1 fully saturated rings. The molecule has 23 heavy (non-hydrogen) atoms. The average Bonchev–Trinajstić information content (AvgIpc) is 2.48. The summed E-state index contributed by atoms with van der Waals surface area (Å²) in [6.45, 7) is 5.97. The van der Waals surface area contributed by atoms with Crippen LogP contribution in [0.25, 0.3) is 0 Å². The zero-order valence-electron chi connectivity index (χ0n) is 13.5. The smallest absolute Gasteiger partial charge is 0.253 e. The minimum absolute atomic E-state index is 0.0190. The Morgan fingerprint density at radius 3 is 2.70 bits per heavy atom. The minimum atomic E-state index is -2.87. The molecular weight excluding hydrogens is 318 g/mol. The van der Waals surface area contributed by atoms with Gasteiger partial charge in [0.1, 0.15) is 5.75 Å². The monoisotopic (exact) mass is 341 g/mol. The predicted molar refractivity (Wildman–Crippen MR) is 87.4 cm³/mol. The van der Waals surface area contributed by atoms with Crippen molar-refractivity contribution < 1.29 is 17.9 Å². The summed E-state index contributed by atoms with van der Waals surface area (Å²) in [5, 5.41) is 2.82. The quantitative estimate of drug-likeness (QED) is 0.802. The van der Waals surface area contributed by atoms with Gasteiger partial charge in [0.2, 0.25) is 0 Å². The lowest BCUT2D eigenvalue weighted by molar-refractivity contribution is 0.0947. The van der Waals surface area contributed by atoms with Gasteiger partial charge >= 0.3 is 0 Å². The van der Waals surface area contributed by atoms with Crippen molar-refractivity contribution in [2.24, 2.45) is 0 Å². The van der Waals surface area contributed by atoms with Gasteiger partial charge in [0, 0.05) is 32.4 Å². The first-order chi connectivity index (χ1) is 10.9. The van der Waals surface area contributed by atoms with Gasteiger partial charge in [0.25, 0.3) is 5.91 Å². The third-order valence-electron chi connectivity index (χ3n) is 3.50. The molecule has 2 heterocycles. The summed E-state index contributed by atoms with van der Waals surface area (Å²) >= 11 is 0. The zero-order valence-corrected chi connectivity index (χ0v) is 14.3. The van der Waals surface area contributed by atoms with Crippen LogP contribution in [0.15, 0.2) is 18.5 Å². The van der Waals surface area contributed by atoms with Gasteiger partial charge in [0.05, 0.1) is 29.4 Å². The normalized spacial score (nSPS) is 17.9. The van der Waals surface area contributed by atoms with Gasteiger partial charge in [0.15, 0.2) is 9.84 Å². The standard InChI is InChI=1S/C15H23N3O4S/c1-12(2)22-14-9-13(10-16-11-14)15(19)17-3-4-18-5-7-23(20,21)8-6-18/h9-12H,3-8H2,1-2H3,(H,17,19). The van der Waals surface area contributed by atoms with Gasteiger partial charge in [-0.05, 0) is 19.9 Å². The first-order valence-electron chi connectivity index (χ1n) is 7.68. The lowest BCUT2D eigenvalue weighted by atomic mass is 10.2. The van der Waals surface area contributed by atoms with Crippen LogP contribution >= 0.6 is 0 Å². The maximum Gasteiger partial charge on any atom is 0.253 e. The van der Waals surface area contributed by atoms with Crippen LogP contribution in [-0.2, 0) is 9.84 Å². The fraction of sp³-hybridized carbons (Fsp3) is 0.600. The van der Waals surface area contributed by atoms with Crippen molar-refractivity contribution in [2.75, 3.05) is 37.7 Å². The summed E-state index contributed by atoms with van der Waals surface area (Å²) in [5.74, 6) is 0.740. The van der Waals surface area contributed by atoms with Gasteiger partial charge in [-0.1, -0.05) is 0 Å². The fourth-order valence-electron chi connectivity index (χ4n) is 2.28. The van der Waals surface area contributed by atoms with E-state index >= 15 is 0 Å². The van der Waals surface area contributed by atoms with Gasteiger partial charge in [-0.15, -0.1) is 0 Å². The number of ether oxygens (including phenoxy) is 1. The number of amides is 1. The lowest BCUT2D eigenvalue weighted by Crippen LogP contribution is -2.43. The van der Waals surface area contributed by atoms with E-state index in [1.54, 1.807) is 12.3 Å². The number of nitrogens with one attached hydrogen (secondary N) is 1. The topological polar surface area (TPSA) is 88.6 Å². The maximum atomic E-state index is 12.1. The second kappa shape index (κ2) is 7.74. The van der Waals surface area contributed by atoms with Crippen molar-refractivity contribution in [1.29, 1.82) is 0 Å². The van der Waals surface area contributed by atoms with E-state index in [0.29, 0.717) is 37.5 Å². The Labute approximate surface area is 137 Å². The van der Waals surface area contributed by atoms with E-state index in [4.69, 9.17) is 4.74 Å². The van der Waals surface area contributed by atoms with Gasteiger partial charge in [-0.3, -0.25) is 14.7 Å². The Morgan fingerprint density at radius 2 is 2.04 bits per heavy atom. The van der Waals surface area contributed by atoms with Gasteiger partial charge in [-0.2, -0.15) is 0 Å². The number of aromatic nitrogens is 1. The molecule has 0 atom stereocenters. The molecule has 2 rings (SSSR count). The second-order valence-electron chi connectivity index (χ2n) is 5.83. The average molecular weight is 341 g/mol. The molecule has 128 valence electrons. The number of carbonyl (C=O) groups is 1. The predicted octanol–water partition coefficient (Wildman–Crippen LogP) is 0.329. The molecule has 0 spiro atoms. The van der Waals surface area contributed by atoms with Crippen molar-refractivity contribution in [3.63, 3.8) is 0 Å². The largest absolute Gasteiger partial charge is 0.489 e. The van der Waals surface area contributed by atoms with Crippen LogP contribution in [0.2, 0.25) is 0 Å². The number of hydrogen-bond donors (Lipinski definition) is 1. The number of rotatable bonds is 6. The highest BCUT2D eigenvalue weighted by Crippen LogP contribution is 2.12. The Morgan fingerprint density at radius 1 is 1.35 bits per heavy atom. The third-order valence-corrected chi connectivity index (χ3v) is 5.11. The summed E-state index contributed by atoms with van der Waals surface area (Å²) in [7, 11) is -2.87. The van der Waals surface area contributed by atoms with Crippen LogP contribution in [0, 0.1) is 0 Å². The number of nitrogens with zero attached hydrogens (tertiary/aromatic N) is 2. The molecule has 0 radical (unpaired) electrons. The summed E-state index contributed by atoms with van der Waals surface area (Å²) in [4.78, 5) is 18.2. The molecule has 0 aromatic carbocycles. The van der Waals surface area contributed by atoms with Crippen LogP contribution in [0.5, 0.6) is 5.75 Å². The van der Waals surface area contributed by atoms with E-state index in [1.165, 1.54) is 6.20 Å². The minimum Gasteiger partial charge on any atom is -0.489 e. The lowest BCUT2D eigenvalue weighted by Gasteiger charge is -2.26. The highest BCUT2D eigenvalue weighted by molar-refractivity contribution is 7.91. The third kappa shape index (κ3) is 5.80. The van der Waals surface area contributed by atoms with Crippen molar-refractivity contribution in [1.82, 2.24) is 15.2 Å². The molecule has 7 nitrogen and oxygen atoms in total. The van der Waals surface area contributed by atoms with Crippen LogP contribution in [-0.4, -0.2) is 68.0 Å². The van der Waals surface area contributed by atoms with E-state index in [-0.39, 0.29) is 23.5 Å². The van der Waals surface area contributed by atoms with Crippen molar-refractivity contribution in [2.45, 2.75) is 20.0 Å². The Bertz CT molecular complexity index is 632. The molecular formula is C15H23N3O4S. The molecule has 1 aliphatic rings. The van der Waals surface area contributed by atoms with Crippen LogP contribution < -0.4 is 10.1 Å². The summed E-state index contributed by atoms with van der Waals surface area (Å²) in [6.07, 6.45) is 3.09. The van der Waals surface area contributed by atoms with E-state index < -0.39 is 9.84 Å². The van der Waals surface area contributed by atoms with Crippen LogP contribution in [0.3, 0.4) is 0 Å². The van der Waals surface area contributed by atoms with Crippen LogP contribution in [0.1, 0.15) is 24.2 Å². The SMILES string of the molecule is CC(C)Oc1cncc(C(=O)NCCN2CCS(=O)(=O)CC2)c1. The number of carbonyl (C=O) groups excluding carboxylic acids is 1. The molecule has 8 heteroatoms. The highest BCUT2D eigenvalue weighted by atomic mass is 32.2. The molecule has 0 bridgehead atoms. The second-order valence-corrected chi connectivity index (χ2v) is 8.13. The van der Waals surface area contributed by atoms with Crippen molar-refractivity contribution in [3.8, 4) is 5.75 Å². The summed E-state index contributed by atoms with van der Waals surface area (Å²) in [6, 6.07) is 1.66. The maximum absolute atomic E-state index is 12.1. The van der Waals surface area contributed by atoms with E-state index in [9.17, 15) is 13.2 Å². The molecule has 0 unspecified atom stereocenters. The fourth-order valence-corrected chi connectivity index (χ4v) is 3.56. The van der Waals surface area contributed by atoms with Crippen molar-refractivity contribution >= 4 is 15.7 Å². The number of hydrogen-bond acceptors (Lipinski definition) is 6. The van der Waals surface area contributed by atoms with Gasteiger partial charge in [-0.25, -0.2) is 8.42 Å². The molecule has 1 amide bonds. The van der Waals surface area contributed by atoms with E-state index in [2.05, 4.69) is 10.3 Å². The Balaban J connectivity index is 1.79. The summed E-state index contributed by atoms with van der Waals surface area (Å²) in [5.41, 5.74) is 0.448. The first-order valence-corrected chi connectivity index (χ1v) is 9.50. The van der Waals surface area contributed by atoms with E-state index in [1.807, 2.05) is 18.7 Å². The summed E-state index contributed by atoms with van der Waals surface area (Å²) < 4.78 is 28.2. The van der Waals surface area contributed by atoms with E-state index in [0.717, 1.165) is 0 Å². The Kier molecular flexibility index (Phi) is 5.95. The zero-order chi connectivity index (χ0) is 16.9. The molecule has 1 aromatic heterocycles. The molecule has 0 aliphatic carbocycles. The molecule has 0 saturated carbocycles. The molecule has 1 saturated heterocycles. The molecule has 1 aromatic rings. The van der Waals surface area contributed by atoms with Gasteiger partial charge < -0.3 is 10.1 Å². The highest BCUT2D eigenvalue weighted by Gasteiger charge is 2.21.